The molecule has 0 radical (unpaired) electrons. The lowest BCUT2D eigenvalue weighted by atomic mass is 9.66. The van der Waals surface area contributed by atoms with Crippen LogP contribution in [0.4, 0.5) is 0 Å². The number of nitrogens with zero attached hydrogens (tertiary/aromatic N) is 3. The van der Waals surface area contributed by atoms with Crippen molar-refractivity contribution in [3.05, 3.63) is 12.7 Å². The number of aliphatic carboxylic acids is 1. The highest BCUT2D eigenvalue weighted by Crippen LogP contribution is 2.63. The Labute approximate surface area is 200 Å². The summed E-state index contributed by atoms with van der Waals surface area (Å²) < 4.78 is 11.8. The van der Waals surface area contributed by atoms with E-state index in [2.05, 4.69) is 11.5 Å². The van der Waals surface area contributed by atoms with Gasteiger partial charge in [-0.25, -0.2) is 0 Å². The first-order valence-electron chi connectivity index (χ1n) is 12.3. The highest BCUT2D eigenvalue weighted by Gasteiger charge is 2.78. The molecule has 4 fully saturated rings. The van der Waals surface area contributed by atoms with Crippen LogP contribution in [0, 0.1) is 11.8 Å². The van der Waals surface area contributed by atoms with Gasteiger partial charge in [0.1, 0.15) is 11.6 Å². The number of fused-ring (bicyclic) bond motifs is 1. The van der Waals surface area contributed by atoms with E-state index in [0.717, 1.165) is 13.1 Å². The highest BCUT2D eigenvalue weighted by atomic mass is 16.5. The lowest BCUT2D eigenvalue weighted by molar-refractivity contribution is -0.158. The van der Waals surface area contributed by atoms with Gasteiger partial charge in [-0.2, -0.15) is 0 Å². The first kappa shape index (κ1) is 25.1. The molecule has 0 aliphatic carbocycles. The van der Waals surface area contributed by atoms with Crippen LogP contribution in [0.1, 0.15) is 33.1 Å². The molecular weight excluding hydrogens is 442 g/mol. The summed E-state index contributed by atoms with van der Waals surface area (Å²) in [5.41, 5.74) is -2.19. The zero-order chi connectivity index (χ0) is 24.7. The van der Waals surface area contributed by atoms with Gasteiger partial charge in [0.2, 0.25) is 11.8 Å². The summed E-state index contributed by atoms with van der Waals surface area (Å²) in [4.78, 5) is 45.5. The normalized spacial score (nSPS) is 35.9. The van der Waals surface area contributed by atoms with E-state index in [-0.39, 0.29) is 12.5 Å². The Morgan fingerprint density at radius 2 is 2.03 bits per heavy atom. The molecule has 2 unspecified atom stereocenters. The van der Waals surface area contributed by atoms with Crippen molar-refractivity contribution in [2.75, 3.05) is 52.5 Å². The van der Waals surface area contributed by atoms with Gasteiger partial charge in [0.15, 0.2) is 0 Å². The maximum atomic E-state index is 14.1. The topological polar surface area (TPSA) is 120 Å². The largest absolute Gasteiger partial charge is 0.481 e. The number of rotatable bonds is 10. The number of aliphatic hydroxyl groups is 1. The van der Waals surface area contributed by atoms with Crippen molar-refractivity contribution >= 4 is 17.8 Å². The molecule has 0 aromatic heterocycles. The van der Waals surface area contributed by atoms with Gasteiger partial charge in [-0.3, -0.25) is 19.3 Å². The van der Waals surface area contributed by atoms with Crippen molar-refractivity contribution in [1.82, 2.24) is 14.7 Å². The molecule has 0 saturated carbocycles. The molecule has 4 saturated heterocycles. The lowest BCUT2D eigenvalue weighted by Gasteiger charge is -2.39. The minimum absolute atomic E-state index is 0.272. The zero-order valence-electron chi connectivity index (χ0n) is 20.1. The molecule has 4 aliphatic rings. The number of hydrogen-bond acceptors (Lipinski definition) is 7. The second-order valence-electron chi connectivity index (χ2n) is 10.1. The van der Waals surface area contributed by atoms with Crippen LogP contribution in [0.3, 0.4) is 0 Å². The van der Waals surface area contributed by atoms with Crippen LogP contribution < -0.4 is 0 Å². The van der Waals surface area contributed by atoms with E-state index in [9.17, 15) is 24.6 Å². The molecule has 2 amide bonds. The van der Waals surface area contributed by atoms with E-state index in [1.54, 1.807) is 17.9 Å². The van der Waals surface area contributed by atoms with Gasteiger partial charge in [0.05, 0.1) is 43.3 Å². The SMILES string of the molecule is C=CCN(CCN1CCOCC1)C(=O)C1N([C@@H](CC)CO)C(=O)[C@@H]2[C@@H](C(=O)O)[C@@]3(C)CCC12O3. The molecule has 6 atom stereocenters. The Kier molecular flexibility index (Phi) is 7.06. The van der Waals surface area contributed by atoms with Crippen LogP contribution in [0.15, 0.2) is 12.7 Å². The molecular formula is C24H37N3O7. The Hall–Kier alpha value is -2.01. The van der Waals surface area contributed by atoms with Gasteiger partial charge >= 0.3 is 5.97 Å². The zero-order valence-corrected chi connectivity index (χ0v) is 20.1. The standard InChI is InChI=1S/C24H37N3O7/c1-4-8-26(10-9-25-11-13-33-14-12-25)21(30)19-24-7-6-23(3,34-24)18(22(31)32)17(24)20(29)27(19)16(5-2)15-28/h4,16-19,28H,1,5-15H2,2-3H3,(H,31,32)/t16-,17-,18-,19?,23+,24?/m0/s1. The van der Waals surface area contributed by atoms with Crippen molar-refractivity contribution < 1.29 is 34.1 Å². The van der Waals surface area contributed by atoms with Crippen molar-refractivity contribution in [2.45, 2.75) is 56.4 Å². The fourth-order valence-electron chi connectivity index (χ4n) is 6.53. The van der Waals surface area contributed by atoms with Crippen molar-refractivity contribution in [1.29, 1.82) is 0 Å². The summed E-state index contributed by atoms with van der Waals surface area (Å²) >= 11 is 0. The number of aliphatic hydroxyl groups excluding tert-OH is 1. The van der Waals surface area contributed by atoms with Crippen LogP contribution in [0.5, 0.6) is 0 Å². The number of carbonyl (C=O) groups excluding carboxylic acids is 2. The number of carboxylic acid groups (broad SMARTS) is 1. The number of likely N-dealkylation sites (tertiary alicyclic amines) is 1. The molecule has 4 heterocycles. The summed E-state index contributed by atoms with van der Waals surface area (Å²) in [7, 11) is 0. The Bertz CT molecular complexity index is 827. The van der Waals surface area contributed by atoms with Gasteiger partial charge in [0.25, 0.3) is 0 Å². The summed E-state index contributed by atoms with van der Waals surface area (Å²) in [6.45, 7) is 11.4. The molecule has 2 bridgehead atoms. The maximum absolute atomic E-state index is 14.1. The molecule has 10 nitrogen and oxygen atoms in total. The number of carboxylic acids is 1. The van der Waals surface area contributed by atoms with Gasteiger partial charge in [-0.1, -0.05) is 13.0 Å². The minimum atomic E-state index is -1.20. The van der Waals surface area contributed by atoms with E-state index in [0.29, 0.717) is 52.1 Å². The monoisotopic (exact) mass is 479 g/mol. The van der Waals surface area contributed by atoms with Crippen molar-refractivity contribution in [3.8, 4) is 0 Å². The number of amides is 2. The van der Waals surface area contributed by atoms with E-state index in [4.69, 9.17) is 9.47 Å². The lowest BCUT2D eigenvalue weighted by Crippen LogP contribution is -2.59. The predicted octanol–water partition coefficient (Wildman–Crippen LogP) is -0.0466. The van der Waals surface area contributed by atoms with Gasteiger partial charge in [0, 0.05) is 32.7 Å². The molecule has 1 spiro atoms. The summed E-state index contributed by atoms with van der Waals surface area (Å²) in [5.74, 6) is -3.72. The number of morpholine rings is 1. The van der Waals surface area contributed by atoms with Crippen LogP contribution in [-0.4, -0.2) is 119 Å². The van der Waals surface area contributed by atoms with E-state index in [1.807, 2.05) is 6.92 Å². The number of carbonyl (C=O) groups is 3. The van der Waals surface area contributed by atoms with Crippen molar-refractivity contribution in [3.63, 3.8) is 0 Å². The second-order valence-corrected chi connectivity index (χ2v) is 10.1. The quantitative estimate of drug-likeness (QED) is 0.419. The van der Waals surface area contributed by atoms with Gasteiger partial charge in [-0.15, -0.1) is 6.58 Å². The Balaban J connectivity index is 1.68. The minimum Gasteiger partial charge on any atom is -0.481 e. The number of hydrogen-bond donors (Lipinski definition) is 2. The highest BCUT2D eigenvalue weighted by molar-refractivity contribution is 5.98. The van der Waals surface area contributed by atoms with Gasteiger partial charge in [-0.05, 0) is 26.2 Å². The fraction of sp³-hybridized carbons (Fsp3) is 0.792. The molecule has 190 valence electrons. The molecule has 4 rings (SSSR count). The second kappa shape index (κ2) is 9.56. The Morgan fingerprint density at radius 1 is 1.32 bits per heavy atom. The van der Waals surface area contributed by atoms with Crippen LogP contribution in [0.2, 0.25) is 0 Å². The summed E-state index contributed by atoms with van der Waals surface area (Å²) in [6, 6.07) is -1.56. The van der Waals surface area contributed by atoms with Crippen molar-refractivity contribution in [2.24, 2.45) is 11.8 Å². The summed E-state index contributed by atoms with van der Waals surface area (Å²) in [5, 5.41) is 20.1. The average Bonchev–Trinajstić information content (AvgIpc) is 3.39. The predicted molar refractivity (Wildman–Crippen MR) is 122 cm³/mol. The third-order valence-electron chi connectivity index (χ3n) is 8.24. The van der Waals surface area contributed by atoms with E-state index >= 15 is 0 Å². The third-order valence-corrected chi connectivity index (χ3v) is 8.24. The molecule has 34 heavy (non-hydrogen) atoms. The summed E-state index contributed by atoms with van der Waals surface area (Å²) in [6.07, 6.45) is 3.00. The van der Waals surface area contributed by atoms with Crippen LogP contribution in [-0.2, 0) is 23.9 Å². The first-order valence-corrected chi connectivity index (χ1v) is 12.3. The molecule has 0 aromatic rings. The Morgan fingerprint density at radius 3 is 2.62 bits per heavy atom. The van der Waals surface area contributed by atoms with Crippen LogP contribution >= 0.6 is 0 Å². The van der Waals surface area contributed by atoms with E-state index < -0.39 is 47.0 Å². The van der Waals surface area contributed by atoms with Gasteiger partial charge < -0.3 is 29.5 Å². The van der Waals surface area contributed by atoms with E-state index in [1.165, 1.54) is 4.90 Å². The smallest absolute Gasteiger partial charge is 0.310 e. The molecule has 0 aromatic carbocycles. The fourth-order valence-corrected chi connectivity index (χ4v) is 6.53. The molecule has 2 N–H and O–H groups in total. The molecule has 10 heteroatoms. The van der Waals surface area contributed by atoms with Crippen LogP contribution in [0.25, 0.3) is 0 Å². The third kappa shape index (κ3) is 3.84. The molecule has 4 aliphatic heterocycles. The maximum Gasteiger partial charge on any atom is 0.310 e. The number of ether oxygens (including phenoxy) is 2. The average molecular weight is 480 g/mol. The first-order chi connectivity index (χ1) is 16.2.